The number of ketones is 1. The first-order chi connectivity index (χ1) is 8.54. The van der Waals surface area contributed by atoms with Crippen LogP contribution < -0.4 is 9.47 Å². The lowest BCUT2D eigenvalue weighted by atomic mass is 10.1. The molecular formula is C12H13BrO5. The first-order valence-corrected chi connectivity index (χ1v) is 5.97. The van der Waals surface area contributed by atoms with Crippen molar-refractivity contribution in [3.63, 3.8) is 0 Å². The van der Waals surface area contributed by atoms with Gasteiger partial charge in [-0.15, -0.1) is 0 Å². The zero-order valence-corrected chi connectivity index (χ0v) is 11.9. The van der Waals surface area contributed by atoms with E-state index in [0.29, 0.717) is 10.2 Å². The molecule has 0 bridgehead atoms. The van der Waals surface area contributed by atoms with Crippen LogP contribution in [0.5, 0.6) is 11.5 Å². The Hall–Kier alpha value is -1.56. The lowest BCUT2D eigenvalue weighted by Gasteiger charge is -2.10. The average Bonchev–Trinajstić information content (AvgIpc) is 2.37. The summed E-state index contributed by atoms with van der Waals surface area (Å²) in [6, 6.07) is 2.99. The summed E-state index contributed by atoms with van der Waals surface area (Å²) in [6.45, 7) is 1.77. The minimum Gasteiger partial charge on any atom is -0.496 e. The maximum absolute atomic E-state index is 11.8. The van der Waals surface area contributed by atoms with Gasteiger partial charge in [0.05, 0.1) is 30.9 Å². The van der Waals surface area contributed by atoms with Crippen molar-refractivity contribution in [2.45, 2.75) is 6.92 Å². The van der Waals surface area contributed by atoms with Crippen LogP contribution in [-0.4, -0.2) is 32.6 Å². The fraction of sp³-hybridized carbons (Fsp3) is 0.333. The van der Waals surface area contributed by atoms with Crippen molar-refractivity contribution in [2.75, 3.05) is 20.8 Å². The highest BCUT2D eigenvalue weighted by molar-refractivity contribution is 9.10. The van der Waals surface area contributed by atoms with Gasteiger partial charge in [0.25, 0.3) is 5.78 Å². The Morgan fingerprint density at radius 1 is 1.17 bits per heavy atom. The molecule has 0 aliphatic rings. The van der Waals surface area contributed by atoms with Gasteiger partial charge in [0.2, 0.25) is 0 Å². The minimum absolute atomic E-state index is 0.128. The summed E-state index contributed by atoms with van der Waals surface area (Å²) in [5.41, 5.74) is 0.128. The Bertz CT molecular complexity index is 470. The van der Waals surface area contributed by atoms with Crippen molar-refractivity contribution in [2.24, 2.45) is 0 Å². The third-order valence-electron chi connectivity index (χ3n) is 2.18. The number of hydrogen-bond acceptors (Lipinski definition) is 5. The summed E-state index contributed by atoms with van der Waals surface area (Å²) in [5.74, 6) is -0.898. The molecule has 1 rings (SSSR count). The van der Waals surface area contributed by atoms with Gasteiger partial charge in [0.15, 0.2) is 0 Å². The third kappa shape index (κ3) is 3.01. The van der Waals surface area contributed by atoms with E-state index in [-0.39, 0.29) is 17.9 Å². The van der Waals surface area contributed by atoms with Gasteiger partial charge in [-0.25, -0.2) is 4.79 Å². The number of carbonyl (C=O) groups is 2. The van der Waals surface area contributed by atoms with E-state index in [1.54, 1.807) is 6.92 Å². The molecule has 0 aliphatic heterocycles. The van der Waals surface area contributed by atoms with E-state index >= 15 is 0 Å². The van der Waals surface area contributed by atoms with Crippen molar-refractivity contribution in [1.82, 2.24) is 0 Å². The fourth-order valence-corrected chi connectivity index (χ4v) is 1.85. The summed E-state index contributed by atoms with van der Waals surface area (Å²) < 4.78 is 15.4. The molecule has 0 heterocycles. The number of ether oxygens (including phenoxy) is 3. The highest BCUT2D eigenvalue weighted by Crippen LogP contribution is 2.33. The predicted molar refractivity (Wildman–Crippen MR) is 68.2 cm³/mol. The zero-order chi connectivity index (χ0) is 13.7. The quantitative estimate of drug-likeness (QED) is 0.473. The molecule has 0 aliphatic carbocycles. The van der Waals surface area contributed by atoms with Crippen LogP contribution in [0.3, 0.4) is 0 Å². The van der Waals surface area contributed by atoms with Crippen LogP contribution in [0.4, 0.5) is 0 Å². The second kappa shape index (κ2) is 6.39. The smallest absolute Gasteiger partial charge is 0.379 e. The van der Waals surface area contributed by atoms with Crippen molar-refractivity contribution < 1.29 is 23.8 Å². The van der Waals surface area contributed by atoms with Crippen LogP contribution >= 0.6 is 15.9 Å². The summed E-state index contributed by atoms with van der Waals surface area (Å²) in [4.78, 5) is 23.3. The molecule has 6 heteroatoms. The number of halogens is 1. The number of benzene rings is 1. The summed E-state index contributed by atoms with van der Waals surface area (Å²) in [6.07, 6.45) is 0. The number of rotatable bonds is 5. The number of methoxy groups -OCH3 is 2. The van der Waals surface area contributed by atoms with Crippen LogP contribution in [0.25, 0.3) is 0 Å². The van der Waals surface area contributed by atoms with E-state index in [2.05, 4.69) is 20.7 Å². The van der Waals surface area contributed by atoms with Gasteiger partial charge in [0.1, 0.15) is 11.5 Å². The standard InChI is InChI=1S/C12H13BrO5/c1-4-18-12(15)11(14)7-5-8(13)10(17-3)6-9(7)16-2/h5-6H,4H2,1-3H3. The van der Waals surface area contributed by atoms with Crippen LogP contribution in [0, 0.1) is 0 Å². The number of hydrogen-bond donors (Lipinski definition) is 0. The van der Waals surface area contributed by atoms with E-state index in [1.807, 2.05) is 0 Å². The van der Waals surface area contributed by atoms with Crippen molar-refractivity contribution in [3.8, 4) is 11.5 Å². The first kappa shape index (κ1) is 14.5. The molecule has 5 nitrogen and oxygen atoms in total. The normalized spacial score (nSPS) is 9.78. The molecule has 0 aromatic heterocycles. The van der Waals surface area contributed by atoms with Gasteiger partial charge < -0.3 is 14.2 Å². The van der Waals surface area contributed by atoms with Crippen LogP contribution in [-0.2, 0) is 9.53 Å². The molecule has 0 atom stereocenters. The fourth-order valence-electron chi connectivity index (χ4n) is 1.34. The molecule has 0 unspecified atom stereocenters. The van der Waals surface area contributed by atoms with E-state index in [1.165, 1.54) is 26.4 Å². The lowest BCUT2D eigenvalue weighted by molar-refractivity contribution is -0.137. The summed E-state index contributed by atoms with van der Waals surface area (Å²) in [7, 11) is 2.90. The molecule has 0 spiro atoms. The molecule has 0 saturated heterocycles. The van der Waals surface area contributed by atoms with Gasteiger partial charge in [0, 0.05) is 6.07 Å². The molecule has 0 saturated carbocycles. The largest absolute Gasteiger partial charge is 0.496 e. The Morgan fingerprint density at radius 2 is 1.78 bits per heavy atom. The monoisotopic (exact) mass is 316 g/mol. The van der Waals surface area contributed by atoms with Gasteiger partial charge >= 0.3 is 5.97 Å². The van der Waals surface area contributed by atoms with Gasteiger partial charge in [-0.1, -0.05) is 0 Å². The Morgan fingerprint density at radius 3 is 2.28 bits per heavy atom. The van der Waals surface area contributed by atoms with Crippen LogP contribution in [0.1, 0.15) is 17.3 Å². The van der Waals surface area contributed by atoms with Crippen molar-refractivity contribution in [3.05, 3.63) is 22.2 Å². The SMILES string of the molecule is CCOC(=O)C(=O)c1cc(Br)c(OC)cc1OC. The molecular weight excluding hydrogens is 304 g/mol. The van der Waals surface area contributed by atoms with E-state index in [0.717, 1.165) is 0 Å². The Kier molecular flexibility index (Phi) is 5.15. The minimum atomic E-state index is -0.909. The van der Waals surface area contributed by atoms with E-state index in [4.69, 9.17) is 9.47 Å². The van der Waals surface area contributed by atoms with E-state index in [9.17, 15) is 9.59 Å². The number of esters is 1. The lowest BCUT2D eigenvalue weighted by Crippen LogP contribution is -2.18. The van der Waals surface area contributed by atoms with Gasteiger partial charge in [-0.2, -0.15) is 0 Å². The molecule has 0 radical (unpaired) electrons. The summed E-state index contributed by atoms with van der Waals surface area (Å²) in [5, 5.41) is 0. The molecule has 0 amide bonds. The Balaban J connectivity index is 3.19. The average molecular weight is 317 g/mol. The Labute approximate surface area is 113 Å². The third-order valence-corrected chi connectivity index (χ3v) is 2.80. The highest BCUT2D eigenvalue weighted by Gasteiger charge is 2.23. The highest BCUT2D eigenvalue weighted by atomic mass is 79.9. The van der Waals surface area contributed by atoms with Gasteiger partial charge in [-0.3, -0.25) is 4.79 Å². The van der Waals surface area contributed by atoms with E-state index < -0.39 is 11.8 Å². The molecule has 98 valence electrons. The van der Waals surface area contributed by atoms with Crippen molar-refractivity contribution >= 4 is 27.7 Å². The first-order valence-electron chi connectivity index (χ1n) is 5.18. The zero-order valence-electron chi connectivity index (χ0n) is 10.3. The van der Waals surface area contributed by atoms with Gasteiger partial charge in [-0.05, 0) is 28.9 Å². The molecule has 18 heavy (non-hydrogen) atoms. The molecule has 1 aromatic rings. The molecule has 0 fully saturated rings. The second-order valence-corrected chi connectivity index (χ2v) is 4.09. The maximum atomic E-state index is 11.8. The predicted octanol–water partition coefficient (Wildman–Crippen LogP) is 2.21. The van der Waals surface area contributed by atoms with Crippen molar-refractivity contribution in [1.29, 1.82) is 0 Å². The number of carbonyl (C=O) groups excluding carboxylic acids is 2. The molecule has 1 aromatic carbocycles. The maximum Gasteiger partial charge on any atom is 0.379 e. The topological polar surface area (TPSA) is 61.8 Å². The van der Waals surface area contributed by atoms with Crippen LogP contribution in [0.15, 0.2) is 16.6 Å². The number of Topliss-reactive ketones (excluding diaryl/α,β-unsaturated/α-hetero) is 1. The van der Waals surface area contributed by atoms with Crippen LogP contribution in [0.2, 0.25) is 0 Å². The second-order valence-electron chi connectivity index (χ2n) is 3.24. The summed E-state index contributed by atoms with van der Waals surface area (Å²) >= 11 is 3.24. The molecule has 0 N–H and O–H groups in total.